The number of fused-ring (bicyclic) bond motifs is 1. The number of hydrogen-bond donors (Lipinski definition) is 1. The van der Waals surface area contributed by atoms with Gasteiger partial charge in [-0.15, -0.1) is 0 Å². The molecule has 0 unspecified atom stereocenters. The van der Waals surface area contributed by atoms with Crippen molar-refractivity contribution in [2.75, 3.05) is 32.8 Å². The molecule has 1 saturated heterocycles. The molecule has 8 nitrogen and oxygen atoms in total. The van der Waals surface area contributed by atoms with E-state index in [2.05, 4.69) is 20.5 Å². The summed E-state index contributed by atoms with van der Waals surface area (Å²) in [4.78, 5) is 33.2. The van der Waals surface area contributed by atoms with Crippen LogP contribution in [0.5, 0.6) is 0 Å². The van der Waals surface area contributed by atoms with Gasteiger partial charge in [0.25, 0.3) is 11.5 Å². The first kappa shape index (κ1) is 19.2. The van der Waals surface area contributed by atoms with Crippen molar-refractivity contribution >= 4 is 22.6 Å². The largest absolute Gasteiger partial charge is 0.398 e. The van der Waals surface area contributed by atoms with Crippen LogP contribution in [0.2, 0.25) is 0 Å². The van der Waals surface area contributed by atoms with Gasteiger partial charge in [-0.3, -0.25) is 19.1 Å². The summed E-state index contributed by atoms with van der Waals surface area (Å²) < 4.78 is 48.8. The minimum absolute atomic E-state index is 0.0154. The third-order valence-corrected chi connectivity index (χ3v) is 8.22. The third kappa shape index (κ3) is 4.74. The molecule has 1 saturated carbocycles. The Labute approximate surface area is 237 Å². The van der Waals surface area contributed by atoms with Crippen molar-refractivity contribution in [3.8, 4) is 5.69 Å². The van der Waals surface area contributed by atoms with Crippen LogP contribution < -0.4 is 11.3 Å². The molecule has 6 rings (SSSR count). The molecule has 1 amide bonds. The van der Waals surface area contributed by atoms with Crippen LogP contribution in [0, 0.1) is 0 Å². The van der Waals surface area contributed by atoms with Crippen molar-refractivity contribution in [3.05, 3.63) is 87.6 Å². The van der Waals surface area contributed by atoms with Crippen LogP contribution in [-0.4, -0.2) is 56.9 Å². The fourth-order valence-corrected chi connectivity index (χ4v) is 5.84. The van der Waals surface area contributed by atoms with Gasteiger partial charge in [0, 0.05) is 76.1 Å². The van der Waals surface area contributed by atoms with E-state index in [1.807, 2.05) is 19.2 Å². The molecule has 0 atom stereocenters. The summed E-state index contributed by atoms with van der Waals surface area (Å²) in [5.41, 5.74) is 11.1. The number of rotatable bonds is 6. The Morgan fingerprint density at radius 1 is 1.08 bits per heavy atom. The molecule has 0 bridgehead atoms. The molecule has 1 aromatic carbocycles. The van der Waals surface area contributed by atoms with Gasteiger partial charge in [0.1, 0.15) is 5.65 Å². The van der Waals surface area contributed by atoms with E-state index in [9.17, 15) is 9.59 Å². The van der Waals surface area contributed by atoms with Crippen LogP contribution in [0.3, 0.4) is 0 Å². The van der Waals surface area contributed by atoms with Gasteiger partial charge in [-0.05, 0) is 86.5 Å². The molecular weight excluding hydrogens is 488 g/mol. The first-order valence-corrected chi connectivity index (χ1v) is 13.4. The summed E-state index contributed by atoms with van der Waals surface area (Å²) in [5.74, 6) is -0.552. The van der Waals surface area contributed by atoms with Gasteiger partial charge >= 0.3 is 0 Å². The topological polar surface area (TPSA) is 89.4 Å². The van der Waals surface area contributed by atoms with Crippen molar-refractivity contribution in [2.24, 2.45) is 7.05 Å². The molecule has 2 fully saturated rings. The highest BCUT2D eigenvalue weighted by Crippen LogP contribution is 2.41. The SMILES string of the molecule is [2H]C([2H])([2H])N(C(=O)c1ccc(C2CCN(Cc3cc4c(-n5ccc(N)c(C6CC6)c5=O)ccnc4n3C)CC2)cc1)C([2H])([2H])[2H]. The Bertz CT molecular complexity index is 1780. The van der Waals surface area contributed by atoms with Crippen molar-refractivity contribution < 1.29 is 13.0 Å². The second-order valence-corrected chi connectivity index (χ2v) is 10.7. The van der Waals surface area contributed by atoms with E-state index in [1.165, 1.54) is 12.1 Å². The van der Waals surface area contributed by atoms with E-state index in [4.69, 9.17) is 14.0 Å². The van der Waals surface area contributed by atoms with Gasteiger partial charge in [-0.25, -0.2) is 4.98 Å². The molecule has 0 spiro atoms. The molecule has 39 heavy (non-hydrogen) atoms. The van der Waals surface area contributed by atoms with Crippen molar-refractivity contribution in [2.45, 2.75) is 44.1 Å². The van der Waals surface area contributed by atoms with Gasteiger partial charge in [0.15, 0.2) is 0 Å². The van der Waals surface area contributed by atoms with Crippen LogP contribution in [0.25, 0.3) is 16.7 Å². The minimum atomic E-state index is -3.08. The average molecular weight is 531 g/mol. The lowest BCUT2D eigenvalue weighted by Crippen LogP contribution is -2.33. The number of hydrogen-bond acceptors (Lipinski definition) is 5. The highest BCUT2D eigenvalue weighted by Gasteiger charge is 2.29. The third-order valence-electron chi connectivity index (χ3n) is 8.22. The van der Waals surface area contributed by atoms with Gasteiger partial charge < -0.3 is 15.2 Å². The van der Waals surface area contributed by atoms with E-state index in [0.29, 0.717) is 11.3 Å². The zero-order valence-corrected chi connectivity index (χ0v) is 21.9. The molecule has 8 heteroatoms. The smallest absolute Gasteiger partial charge is 0.260 e. The van der Waals surface area contributed by atoms with E-state index >= 15 is 0 Å². The molecular formula is C31H36N6O2. The molecule has 3 aromatic heterocycles. The van der Waals surface area contributed by atoms with Gasteiger partial charge in [-0.2, -0.15) is 0 Å². The number of amides is 1. The summed E-state index contributed by atoms with van der Waals surface area (Å²) in [6.45, 7) is -3.74. The number of pyridine rings is 2. The fraction of sp³-hybridized carbons (Fsp3) is 0.387. The second-order valence-electron chi connectivity index (χ2n) is 10.7. The van der Waals surface area contributed by atoms with E-state index < -0.39 is 19.9 Å². The molecule has 0 radical (unpaired) electrons. The molecule has 4 heterocycles. The number of carbonyl (C=O) groups is 1. The zero-order chi connectivity index (χ0) is 32.3. The number of aryl methyl sites for hydroxylation is 1. The number of benzene rings is 1. The summed E-state index contributed by atoms with van der Waals surface area (Å²) >= 11 is 0. The van der Waals surface area contributed by atoms with Gasteiger partial charge in [0.2, 0.25) is 0 Å². The lowest BCUT2D eigenvalue weighted by atomic mass is 9.89. The average Bonchev–Trinajstić information content (AvgIpc) is 3.76. The Hall–Kier alpha value is -3.91. The number of aromatic nitrogens is 3. The number of anilines is 1. The number of piperidine rings is 1. The van der Waals surface area contributed by atoms with E-state index in [-0.39, 0.29) is 27.9 Å². The monoisotopic (exact) mass is 530 g/mol. The number of nitrogens with zero attached hydrogens (tertiary/aromatic N) is 5. The number of nitrogens with two attached hydrogens (primary N) is 1. The van der Waals surface area contributed by atoms with Crippen LogP contribution in [0.1, 0.15) is 72.9 Å². The Morgan fingerprint density at radius 3 is 2.51 bits per heavy atom. The summed E-state index contributed by atoms with van der Waals surface area (Å²) in [7, 11) is 1.99. The minimum Gasteiger partial charge on any atom is -0.398 e. The highest BCUT2D eigenvalue weighted by molar-refractivity contribution is 5.93. The molecule has 2 N–H and O–H groups in total. The van der Waals surface area contributed by atoms with Crippen LogP contribution in [0.15, 0.2) is 59.7 Å². The van der Waals surface area contributed by atoms with Gasteiger partial charge in [-0.1, -0.05) is 12.1 Å². The maximum absolute atomic E-state index is 13.4. The Morgan fingerprint density at radius 2 is 1.82 bits per heavy atom. The molecule has 1 aliphatic heterocycles. The Kier molecular flexibility index (Phi) is 4.92. The summed E-state index contributed by atoms with van der Waals surface area (Å²) in [6, 6.07) is 12.4. The summed E-state index contributed by atoms with van der Waals surface area (Å²) in [5, 5.41) is 0.906. The first-order valence-electron chi connectivity index (χ1n) is 16.4. The standard InChI is InChI=1S/C31H36N6O2/c1-34(2)30(38)23-8-4-20(5-9-23)21-11-15-36(16-12-21)19-24-18-25-27(10-14-33-29(25)35(24)3)37-17-13-26(32)28(31(37)39)22-6-7-22/h4-5,8-10,13-14,17-18,21-22H,6-7,11-12,15-16,19,32H2,1-3H3/i1D3,2D3. The summed E-state index contributed by atoms with van der Waals surface area (Å²) in [6.07, 6.45) is 7.24. The zero-order valence-electron chi connectivity index (χ0n) is 27.9. The quantitative estimate of drug-likeness (QED) is 0.402. The normalized spacial score (nSPS) is 19.5. The predicted molar refractivity (Wildman–Crippen MR) is 154 cm³/mol. The van der Waals surface area contributed by atoms with Crippen LogP contribution in [0.4, 0.5) is 5.69 Å². The number of carbonyl (C=O) groups excluding carboxylic acids is 1. The molecule has 2 aliphatic rings. The maximum Gasteiger partial charge on any atom is 0.260 e. The van der Waals surface area contributed by atoms with Crippen molar-refractivity contribution in [1.82, 2.24) is 23.9 Å². The van der Waals surface area contributed by atoms with Gasteiger partial charge in [0.05, 0.1) is 5.69 Å². The Balaban J connectivity index is 1.15. The maximum atomic E-state index is 13.4. The molecule has 202 valence electrons. The lowest BCUT2D eigenvalue weighted by Gasteiger charge is -2.32. The van der Waals surface area contributed by atoms with Crippen LogP contribution >= 0.6 is 0 Å². The van der Waals surface area contributed by atoms with Crippen LogP contribution in [-0.2, 0) is 13.6 Å². The fourth-order valence-electron chi connectivity index (χ4n) is 5.84. The predicted octanol–water partition coefficient (Wildman–Crippen LogP) is 4.27. The number of likely N-dealkylation sites (tertiary alicyclic amines) is 1. The first-order chi connectivity index (χ1) is 21.2. The van der Waals surface area contributed by atoms with Crippen molar-refractivity contribution in [3.63, 3.8) is 0 Å². The van der Waals surface area contributed by atoms with E-state index in [1.54, 1.807) is 29.1 Å². The van der Waals surface area contributed by atoms with E-state index in [0.717, 1.165) is 73.3 Å². The lowest BCUT2D eigenvalue weighted by molar-refractivity contribution is 0.0827. The van der Waals surface area contributed by atoms with Crippen molar-refractivity contribution in [1.29, 1.82) is 0 Å². The highest BCUT2D eigenvalue weighted by atomic mass is 16.2. The molecule has 1 aliphatic carbocycles. The second kappa shape index (κ2) is 10.0. The molecule has 4 aromatic rings. The number of nitrogen functional groups attached to an aromatic ring is 1.